The van der Waals surface area contributed by atoms with Crippen molar-refractivity contribution in [1.82, 2.24) is 14.8 Å². The van der Waals surface area contributed by atoms with E-state index in [4.69, 9.17) is 28.3 Å². The highest BCUT2D eigenvalue weighted by atomic mass is 79.9. The van der Waals surface area contributed by atoms with Crippen molar-refractivity contribution in [3.8, 4) is 5.69 Å². The number of hydrogen-bond donors (Lipinski definition) is 1. The van der Waals surface area contributed by atoms with E-state index >= 15 is 0 Å². The number of hydrogen-bond acceptors (Lipinski definition) is 3. The Hall–Kier alpha value is -0.620. The summed E-state index contributed by atoms with van der Waals surface area (Å²) >= 11 is 15.5. The fourth-order valence-electron chi connectivity index (χ4n) is 1.32. The molecule has 0 amide bonds. The zero-order chi connectivity index (χ0) is 11.7. The Kier molecular flexibility index (Phi) is 3.49. The molecule has 16 heavy (non-hydrogen) atoms. The summed E-state index contributed by atoms with van der Waals surface area (Å²) in [4.78, 5) is 0. The van der Waals surface area contributed by atoms with Gasteiger partial charge in [-0.05, 0) is 12.1 Å². The van der Waals surface area contributed by atoms with E-state index < -0.39 is 0 Å². The largest absolute Gasteiger partial charge is 0.388 e. The van der Waals surface area contributed by atoms with E-state index in [9.17, 15) is 0 Å². The van der Waals surface area contributed by atoms with E-state index in [1.165, 1.54) is 6.33 Å². The highest BCUT2D eigenvalue weighted by Gasteiger charge is 2.13. The average molecular weight is 323 g/mol. The first-order chi connectivity index (χ1) is 7.63. The van der Waals surface area contributed by atoms with Crippen LogP contribution in [0.15, 0.2) is 22.9 Å². The third kappa shape index (κ3) is 2.08. The Morgan fingerprint density at radius 3 is 2.50 bits per heavy atom. The maximum absolute atomic E-state index is 9.09. The second-order valence-electron chi connectivity index (χ2n) is 2.99. The summed E-state index contributed by atoms with van der Waals surface area (Å²) in [6, 6.07) is 3.42. The van der Waals surface area contributed by atoms with Crippen molar-refractivity contribution in [2.24, 2.45) is 0 Å². The van der Waals surface area contributed by atoms with Crippen LogP contribution in [0.3, 0.4) is 0 Å². The van der Waals surface area contributed by atoms with E-state index in [2.05, 4.69) is 26.1 Å². The van der Waals surface area contributed by atoms with Crippen LogP contribution in [0, 0.1) is 0 Å². The van der Waals surface area contributed by atoms with Crippen LogP contribution < -0.4 is 0 Å². The van der Waals surface area contributed by atoms with Crippen molar-refractivity contribution in [1.29, 1.82) is 0 Å². The molecule has 1 N–H and O–H groups in total. The van der Waals surface area contributed by atoms with E-state index in [0.717, 1.165) is 4.47 Å². The number of benzene rings is 1. The van der Waals surface area contributed by atoms with Crippen LogP contribution in [0.2, 0.25) is 10.0 Å². The van der Waals surface area contributed by atoms with Gasteiger partial charge in [-0.25, -0.2) is 0 Å². The average Bonchev–Trinajstić information content (AvgIpc) is 2.64. The SMILES string of the molecule is OCc1nncn1-c1c(Cl)cc(Br)cc1Cl. The van der Waals surface area contributed by atoms with E-state index in [1.54, 1.807) is 16.7 Å². The molecule has 0 spiro atoms. The van der Waals surface area contributed by atoms with Crippen molar-refractivity contribution in [2.45, 2.75) is 6.61 Å². The molecule has 0 aliphatic carbocycles. The van der Waals surface area contributed by atoms with Gasteiger partial charge in [0.25, 0.3) is 0 Å². The molecular formula is C9H6BrCl2N3O. The quantitative estimate of drug-likeness (QED) is 0.925. The highest BCUT2D eigenvalue weighted by molar-refractivity contribution is 9.10. The molecule has 2 rings (SSSR count). The molecule has 0 bridgehead atoms. The lowest BCUT2D eigenvalue weighted by molar-refractivity contribution is 0.269. The fourth-order valence-corrected chi connectivity index (χ4v) is 2.71. The van der Waals surface area contributed by atoms with Crippen LogP contribution in [0.4, 0.5) is 0 Å². The Labute approximate surface area is 110 Å². The number of halogens is 3. The Balaban J connectivity index is 2.64. The van der Waals surface area contributed by atoms with Gasteiger partial charge in [0.1, 0.15) is 12.9 Å². The van der Waals surface area contributed by atoms with Gasteiger partial charge < -0.3 is 5.11 Å². The van der Waals surface area contributed by atoms with Gasteiger partial charge in [0.15, 0.2) is 5.82 Å². The zero-order valence-corrected chi connectivity index (χ0v) is 11.0. The van der Waals surface area contributed by atoms with Gasteiger partial charge in [-0.15, -0.1) is 10.2 Å². The maximum atomic E-state index is 9.09. The van der Waals surface area contributed by atoms with Crippen LogP contribution in [-0.4, -0.2) is 19.9 Å². The van der Waals surface area contributed by atoms with Crippen molar-refractivity contribution < 1.29 is 5.11 Å². The van der Waals surface area contributed by atoms with Crippen LogP contribution in [0.25, 0.3) is 5.69 Å². The molecule has 0 unspecified atom stereocenters. The van der Waals surface area contributed by atoms with Crippen LogP contribution in [0.1, 0.15) is 5.82 Å². The van der Waals surface area contributed by atoms with Gasteiger partial charge in [0.2, 0.25) is 0 Å². The molecule has 0 aliphatic heterocycles. The third-order valence-corrected chi connectivity index (χ3v) is 3.02. The van der Waals surface area contributed by atoms with E-state index in [-0.39, 0.29) is 6.61 Å². The van der Waals surface area contributed by atoms with Crippen LogP contribution >= 0.6 is 39.1 Å². The number of aliphatic hydroxyl groups excluding tert-OH is 1. The number of aromatic nitrogens is 3. The summed E-state index contributed by atoms with van der Waals surface area (Å²) in [5.41, 5.74) is 0.556. The summed E-state index contributed by atoms with van der Waals surface area (Å²) in [6.07, 6.45) is 1.45. The molecule has 1 aromatic heterocycles. The molecule has 1 aromatic carbocycles. The topological polar surface area (TPSA) is 50.9 Å². The van der Waals surface area contributed by atoms with Gasteiger partial charge >= 0.3 is 0 Å². The summed E-state index contributed by atoms with van der Waals surface area (Å²) in [6.45, 7) is -0.233. The molecule has 0 radical (unpaired) electrons. The first-order valence-corrected chi connectivity index (χ1v) is 5.83. The Bertz CT molecular complexity index is 506. The van der Waals surface area contributed by atoms with Gasteiger partial charge in [-0.3, -0.25) is 4.57 Å². The standard InChI is InChI=1S/C9H6BrCl2N3O/c10-5-1-6(11)9(7(12)2-5)15-4-13-14-8(15)3-16/h1-2,4,16H,3H2. The third-order valence-electron chi connectivity index (χ3n) is 1.98. The first-order valence-electron chi connectivity index (χ1n) is 4.28. The monoisotopic (exact) mass is 321 g/mol. The lowest BCUT2D eigenvalue weighted by atomic mass is 10.3. The predicted molar refractivity (Wildman–Crippen MR) is 65.0 cm³/mol. The van der Waals surface area contributed by atoms with Crippen molar-refractivity contribution >= 4 is 39.1 Å². The number of nitrogens with zero attached hydrogens (tertiary/aromatic N) is 3. The van der Waals surface area contributed by atoms with Gasteiger partial charge in [-0.1, -0.05) is 39.1 Å². The Morgan fingerprint density at radius 1 is 1.31 bits per heavy atom. The van der Waals surface area contributed by atoms with Crippen LogP contribution in [-0.2, 0) is 6.61 Å². The van der Waals surface area contributed by atoms with Gasteiger partial charge in [0.05, 0.1) is 15.7 Å². The van der Waals surface area contributed by atoms with Gasteiger partial charge in [-0.2, -0.15) is 0 Å². The molecule has 84 valence electrons. The zero-order valence-electron chi connectivity index (χ0n) is 7.86. The van der Waals surface area contributed by atoms with E-state index in [1.807, 2.05) is 0 Å². The highest BCUT2D eigenvalue weighted by Crippen LogP contribution is 2.32. The molecule has 4 nitrogen and oxygen atoms in total. The first kappa shape index (κ1) is 11.9. The van der Waals surface area contributed by atoms with Crippen LogP contribution in [0.5, 0.6) is 0 Å². The second-order valence-corrected chi connectivity index (χ2v) is 4.72. The minimum absolute atomic E-state index is 0.233. The fraction of sp³-hybridized carbons (Fsp3) is 0.111. The molecule has 0 saturated carbocycles. The molecule has 1 heterocycles. The summed E-state index contributed by atoms with van der Waals surface area (Å²) < 4.78 is 2.33. The van der Waals surface area contributed by atoms with Gasteiger partial charge in [0, 0.05) is 4.47 Å². The minimum Gasteiger partial charge on any atom is -0.388 e. The maximum Gasteiger partial charge on any atom is 0.163 e. The lowest BCUT2D eigenvalue weighted by Gasteiger charge is -2.09. The van der Waals surface area contributed by atoms with Crippen molar-refractivity contribution in [3.05, 3.63) is 38.8 Å². The molecule has 0 aliphatic rings. The summed E-state index contributed by atoms with van der Waals surface area (Å²) in [5, 5.41) is 17.4. The lowest BCUT2D eigenvalue weighted by Crippen LogP contribution is -2.01. The molecule has 0 fully saturated rings. The van der Waals surface area contributed by atoms with Crippen molar-refractivity contribution in [2.75, 3.05) is 0 Å². The molecule has 2 aromatic rings. The predicted octanol–water partition coefficient (Wildman–Crippen LogP) is 2.83. The molecule has 0 atom stereocenters. The minimum atomic E-state index is -0.233. The number of rotatable bonds is 2. The Morgan fingerprint density at radius 2 is 1.94 bits per heavy atom. The van der Waals surface area contributed by atoms with E-state index in [0.29, 0.717) is 21.6 Å². The molecule has 0 saturated heterocycles. The second kappa shape index (κ2) is 4.71. The number of aliphatic hydroxyl groups is 1. The normalized spacial score (nSPS) is 10.8. The summed E-state index contributed by atoms with van der Waals surface area (Å²) in [5.74, 6) is 0.381. The summed E-state index contributed by atoms with van der Waals surface area (Å²) in [7, 11) is 0. The smallest absolute Gasteiger partial charge is 0.163 e. The molecular weight excluding hydrogens is 317 g/mol. The van der Waals surface area contributed by atoms with Crippen molar-refractivity contribution in [3.63, 3.8) is 0 Å². The molecule has 7 heteroatoms.